The maximum Gasteiger partial charge on any atom is 0.119 e. The van der Waals surface area contributed by atoms with Gasteiger partial charge in [-0.05, 0) is 49.4 Å². The highest BCUT2D eigenvalue weighted by Crippen LogP contribution is 2.32. The van der Waals surface area contributed by atoms with Crippen LogP contribution in [0.4, 0.5) is 0 Å². The lowest BCUT2D eigenvalue weighted by Crippen LogP contribution is -2.24. The van der Waals surface area contributed by atoms with E-state index in [-0.39, 0.29) is 0 Å². The van der Waals surface area contributed by atoms with E-state index in [1.54, 1.807) is 0 Å². The van der Waals surface area contributed by atoms with Crippen LogP contribution in [-0.4, -0.2) is 12.6 Å². The van der Waals surface area contributed by atoms with E-state index in [2.05, 4.69) is 0 Å². The molecule has 1 aromatic carbocycles. The third-order valence-electron chi connectivity index (χ3n) is 2.76. The minimum Gasteiger partial charge on any atom is -0.494 e. The summed E-state index contributed by atoms with van der Waals surface area (Å²) in [4.78, 5) is 0. The molecule has 1 unspecified atom stereocenters. The number of ether oxygens (including phenoxy) is 1. The van der Waals surface area contributed by atoms with Crippen LogP contribution in [0.1, 0.15) is 19.3 Å². The summed E-state index contributed by atoms with van der Waals surface area (Å²) in [6, 6.07) is 7.74. The largest absolute Gasteiger partial charge is 0.494 e. The number of benzene rings is 1. The Balaban J connectivity index is 1.70. The van der Waals surface area contributed by atoms with E-state index < -0.39 is 0 Å². The number of rotatable bonds is 5. The van der Waals surface area contributed by atoms with Gasteiger partial charge in [-0.1, -0.05) is 11.6 Å². The van der Waals surface area contributed by atoms with Gasteiger partial charge in [0, 0.05) is 11.1 Å². The maximum atomic E-state index is 5.97. The third kappa shape index (κ3) is 3.40. The van der Waals surface area contributed by atoms with Crippen molar-refractivity contribution in [3.05, 3.63) is 29.3 Å². The van der Waals surface area contributed by atoms with Crippen LogP contribution in [0.2, 0.25) is 5.02 Å². The third-order valence-corrected chi connectivity index (χ3v) is 3.01. The highest BCUT2D eigenvalue weighted by Gasteiger charge is 2.27. The van der Waals surface area contributed by atoms with Crippen molar-refractivity contribution in [2.45, 2.75) is 25.3 Å². The van der Waals surface area contributed by atoms with Crippen molar-refractivity contribution in [2.24, 2.45) is 11.7 Å². The van der Waals surface area contributed by atoms with Crippen LogP contribution < -0.4 is 10.5 Å². The van der Waals surface area contributed by atoms with Crippen molar-refractivity contribution in [1.29, 1.82) is 0 Å². The van der Waals surface area contributed by atoms with Gasteiger partial charge in [-0.25, -0.2) is 0 Å². The fourth-order valence-corrected chi connectivity index (χ4v) is 1.73. The zero-order valence-electron chi connectivity index (χ0n) is 8.66. The lowest BCUT2D eigenvalue weighted by Gasteiger charge is -2.11. The molecule has 0 aromatic heterocycles. The summed E-state index contributed by atoms with van der Waals surface area (Å²) < 4.78 is 5.57. The normalized spacial score (nSPS) is 17.5. The van der Waals surface area contributed by atoms with Crippen molar-refractivity contribution in [3.8, 4) is 5.75 Å². The summed E-state index contributed by atoms with van der Waals surface area (Å²) in [5, 5.41) is 0.733. The molecular weight excluding hydrogens is 210 g/mol. The predicted octanol–water partition coefficient (Wildman–Crippen LogP) is 2.85. The summed E-state index contributed by atoms with van der Waals surface area (Å²) in [5.74, 6) is 1.61. The van der Waals surface area contributed by atoms with E-state index in [0.29, 0.717) is 12.6 Å². The van der Waals surface area contributed by atoms with Crippen molar-refractivity contribution >= 4 is 11.6 Å². The Morgan fingerprint density at radius 2 is 2.00 bits per heavy atom. The molecule has 1 aliphatic rings. The minimum absolute atomic E-state index is 0.317. The first kappa shape index (κ1) is 10.8. The van der Waals surface area contributed by atoms with Gasteiger partial charge in [0.1, 0.15) is 5.75 Å². The molecule has 0 radical (unpaired) electrons. The molecule has 0 aliphatic heterocycles. The molecule has 1 aromatic rings. The van der Waals surface area contributed by atoms with E-state index in [9.17, 15) is 0 Å². The SMILES string of the molecule is NC(CCOc1ccc(Cl)cc1)C1CC1. The van der Waals surface area contributed by atoms with Gasteiger partial charge >= 0.3 is 0 Å². The van der Waals surface area contributed by atoms with Gasteiger partial charge in [0.05, 0.1) is 6.61 Å². The van der Waals surface area contributed by atoms with Gasteiger partial charge in [0.25, 0.3) is 0 Å². The fourth-order valence-electron chi connectivity index (χ4n) is 1.60. The molecular formula is C12H16ClNO. The predicted molar refractivity (Wildman–Crippen MR) is 62.3 cm³/mol. The Kier molecular flexibility index (Phi) is 3.49. The van der Waals surface area contributed by atoms with E-state index in [0.717, 1.165) is 23.1 Å². The zero-order chi connectivity index (χ0) is 10.7. The molecule has 15 heavy (non-hydrogen) atoms. The summed E-state index contributed by atoms with van der Waals surface area (Å²) in [7, 11) is 0. The van der Waals surface area contributed by atoms with Gasteiger partial charge in [-0.3, -0.25) is 0 Å². The van der Waals surface area contributed by atoms with Crippen molar-refractivity contribution in [3.63, 3.8) is 0 Å². The zero-order valence-corrected chi connectivity index (χ0v) is 9.41. The first-order valence-corrected chi connectivity index (χ1v) is 5.77. The van der Waals surface area contributed by atoms with E-state index in [4.69, 9.17) is 22.1 Å². The molecule has 0 saturated heterocycles. The highest BCUT2D eigenvalue weighted by molar-refractivity contribution is 6.30. The quantitative estimate of drug-likeness (QED) is 0.837. The Morgan fingerprint density at radius 1 is 1.33 bits per heavy atom. The number of hydrogen-bond acceptors (Lipinski definition) is 2. The second-order valence-corrected chi connectivity index (χ2v) is 4.53. The molecule has 0 bridgehead atoms. The molecule has 2 N–H and O–H groups in total. The fraction of sp³-hybridized carbons (Fsp3) is 0.500. The van der Waals surface area contributed by atoms with E-state index >= 15 is 0 Å². The van der Waals surface area contributed by atoms with Crippen molar-refractivity contribution in [2.75, 3.05) is 6.61 Å². The molecule has 0 spiro atoms. The monoisotopic (exact) mass is 225 g/mol. The maximum absolute atomic E-state index is 5.97. The summed E-state index contributed by atoms with van der Waals surface area (Å²) in [6.07, 6.45) is 3.53. The molecule has 1 aliphatic carbocycles. The van der Waals surface area contributed by atoms with Gasteiger partial charge in [0.2, 0.25) is 0 Å². The van der Waals surface area contributed by atoms with Gasteiger partial charge in [-0.15, -0.1) is 0 Å². The molecule has 3 heteroatoms. The second-order valence-electron chi connectivity index (χ2n) is 4.09. The van der Waals surface area contributed by atoms with E-state index in [1.807, 2.05) is 24.3 Å². The van der Waals surface area contributed by atoms with Gasteiger partial charge in [0.15, 0.2) is 0 Å². The van der Waals surface area contributed by atoms with Crippen LogP contribution in [0.5, 0.6) is 5.75 Å². The molecule has 0 amide bonds. The number of halogens is 1. The summed E-state index contributed by atoms with van der Waals surface area (Å²) in [5.41, 5.74) is 5.97. The topological polar surface area (TPSA) is 35.2 Å². The molecule has 82 valence electrons. The van der Waals surface area contributed by atoms with Crippen LogP contribution in [0.15, 0.2) is 24.3 Å². The molecule has 2 nitrogen and oxygen atoms in total. The summed E-state index contributed by atoms with van der Waals surface area (Å²) >= 11 is 5.77. The lowest BCUT2D eigenvalue weighted by atomic mass is 10.1. The van der Waals surface area contributed by atoms with Crippen LogP contribution in [0.25, 0.3) is 0 Å². The first-order valence-electron chi connectivity index (χ1n) is 5.39. The lowest BCUT2D eigenvalue weighted by molar-refractivity contribution is 0.291. The standard InChI is InChI=1S/C12H16ClNO/c13-10-3-5-11(6-4-10)15-8-7-12(14)9-1-2-9/h3-6,9,12H,1-2,7-8,14H2. The molecule has 0 heterocycles. The molecule has 2 rings (SSSR count). The average Bonchev–Trinajstić information content (AvgIpc) is 3.04. The minimum atomic E-state index is 0.317. The smallest absolute Gasteiger partial charge is 0.119 e. The van der Waals surface area contributed by atoms with Crippen LogP contribution >= 0.6 is 11.6 Å². The molecule has 1 saturated carbocycles. The Labute approximate surface area is 95.4 Å². The van der Waals surface area contributed by atoms with Crippen LogP contribution in [-0.2, 0) is 0 Å². The number of nitrogens with two attached hydrogens (primary N) is 1. The number of hydrogen-bond donors (Lipinski definition) is 1. The van der Waals surface area contributed by atoms with Crippen molar-refractivity contribution < 1.29 is 4.74 Å². The second kappa shape index (κ2) is 4.86. The highest BCUT2D eigenvalue weighted by atomic mass is 35.5. The first-order chi connectivity index (χ1) is 7.25. The molecule has 1 atom stereocenters. The van der Waals surface area contributed by atoms with Gasteiger partial charge < -0.3 is 10.5 Å². The van der Waals surface area contributed by atoms with Gasteiger partial charge in [-0.2, -0.15) is 0 Å². The Hall–Kier alpha value is -0.730. The summed E-state index contributed by atoms with van der Waals surface area (Å²) in [6.45, 7) is 0.694. The van der Waals surface area contributed by atoms with E-state index in [1.165, 1.54) is 12.8 Å². The molecule has 1 fully saturated rings. The average molecular weight is 226 g/mol. The van der Waals surface area contributed by atoms with Crippen molar-refractivity contribution in [1.82, 2.24) is 0 Å². The Bertz CT molecular complexity index is 308. The van der Waals surface area contributed by atoms with Crippen LogP contribution in [0.3, 0.4) is 0 Å². The van der Waals surface area contributed by atoms with Crippen LogP contribution in [0, 0.1) is 5.92 Å². The Morgan fingerprint density at radius 3 is 2.60 bits per heavy atom.